The number of anilines is 1. The van der Waals surface area contributed by atoms with Crippen molar-refractivity contribution < 1.29 is 22.7 Å². The van der Waals surface area contributed by atoms with Gasteiger partial charge in [-0.15, -0.1) is 0 Å². The van der Waals surface area contributed by atoms with Crippen LogP contribution < -0.4 is 19.5 Å². The number of hydrogen-bond donors (Lipinski definition) is 2. The van der Waals surface area contributed by atoms with E-state index in [2.05, 4.69) is 10.0 Å². The van der Waals surface area contributed by atoms with Crippen LogP contribution in [0, 0.1) is 6.92 Å². The third-order valence-corrected chi connectivity index (χ3v) is 5.81. The van der Waals surface area contributed by atoms with Crippen molar-refractivity contribution in [1.82, 2.24) is 5.32 Å². The van der Waals surface area contributed by atoms with Gasteiger partial charge in [0.15, 0.2) is 0 Å². The van der Waals surface area contributed by atoms with Gasteiger partial charge in [-0.3, -0.25) is 9.52 Å². The van der Waals surface area contributed by atoms with E-state index in [1.807, 2.05) is 31.2 Å². The first kappa shape index (κ1) is 22.2. The van der Waals surface area contributed by atoms with E-state index >= 15 is 0 Å². The Bertz CT molecular complexity index is 1140. The second-order valence-electron chi connectivity index (χ2n) is 6.75. The van der Waals surface area contributed by atoms with Gasteiger partial charge in [0.05, 0.1) is 24.2 Å². The molecule has 7 nitrogen and oxygen atoms in total. The number of aryl methyl sites for hydroxylation is 1. The van der Waals surface area contributed by atoms with Crippen molar-refractivity contribution in [2.45, 2.75) is 11.8 Å². The summed E-state index contributed by atoms with van der Waals surface area (Å²) in [6.45, 7) is 2.62. The van der Waals surface area contributed by atoms with Gasteiger partial charge >= 0.3 is 0 Å². The van der Waals surface area contributed by atoms with E-state index in [0.717, 1.165) is 11.3 Å². The fourth-order valence-corrected chi connectivity index (χ4v) is 3.93. The van der Waals surface area contributed by atoms with Gasteiger partial charge in [-0.05, 0) is 61.0 Å². The molecular formula is C23H24N2O5S. The Balaban J connectivity index is 1.56. The van der Waals surface area contributed by atoms with Gasteiger partial charge < -0.3 is 14.8 Å². The molecule has 0 saturated carbocycles. The quantitative estimate of drug-likeness (QED) is 0.496. The first-order chi connectivity index (χ1) is 14.9. The Hall–Kier alpha value is -3.52. The van der Waals surface area contributed by atoms with Crippen LogP contribution in [0.25, 0.3) is 0 Å². The maximum Gasteiger partial charge on any atom is 0.262 e. The number of para-hydroxylation sites is 2. The Morgan fingerprint density at radius 3 is 2.42 bits per heavy atom. The summed E-state index contributed by atoms with van der Waals surface area (Å²) >= 11 is 0. The third-order valence-electron chi connectivity index (χ3n) is 4.42. The van der Waals surface area contributed by atoms with Gasteiger partial charge in [0, 0.05) is 5.56 Å². The summed E-state index contributed by atoms with van der Waals surface area (Å²) < 4.78 is 38.5. The lowest BCUT2D eigenvalue weighted by Gasteiger charge is -2.12. The number of methoxy groups -OCH3 is 1. The molecule has 0 aliphatic rings. The summed E-state index contributed by atoms with van der Waals surface area (Å²) in [5.74, 6) is 0.843. The van der Waals surface area contributed by atoms with Crippen LogP contribution in [0.1, 0.15) is 15.9 Å². The topological polar surface area (TPSA) is 93.7 Å². The second-order valence-corrected chi connectivity index (χ2v) is 8.43. The Labute approximate surface area is 182 Å². The summed E-state index contributed by atoms with van der Waals surface area (Å²) in [5, 5.41) is 2.75. The van der Waals surface area contributed by atoms with Crippen molar-refractivity contribution >= 4 is 21.6 Å². The molecule has 31 heavy (non-hydrogen) atoms. The molecule has 0 radical (unpaired) electrons. The summed E-state index contributed by atoms with van der Waals surface area (Å²) in [4.78, 5) is 12.3. The molecule has 0 spiro atoms. The van der Waals surface area contributed by atoms with Crippen LogP contribution in [-0.4, -0.2) is 34.6 Å². The minimum absolute atomic E-state index is 0.0396. The number of amides is 1. The van der Waals surface area contributed by atoms with Crippen molar-refractivity contribution in [3.8, 4) is 11.5 Å². The number of hydrogen-bond acceptors (Lipinski definition) is 5. The number of rotatable bonds is 9. The standard InChI is InChI=1S/C23H24N2O5S/c1-17-6-5-7-19(16-17)30-15-14-24-23(26)18-10-12-20(13-11-18)31(27,28)25-21-8-3-4-9-22(21)29-2/h3-13,16,25H,14-15H2,1-2H3,(H,24,26). The van der Waals surface area contributed by atoms with E-state index in [4.69, 9.17) is 9.47 Å². The highest BCUT2D eigenvalue weighted by molar-refractivity contribution is 7.92. The zero-order valence-corrected chi connectivity index (χ0v) is 18.1. The van der Waals surface area contributed by atoms with Crippen molar-refractivity contribution in [1.29, 1.82) is 0 Å². The molecule has 0 aliphatic carbocycles. The van der Waals surface area contributed by atoms with Crippen LogP contribution in [0.15, 0.2) is 77.7 Å². The number of nitrogens with one attached hydrogen (secondary N) is 2. The van der Waals surface area contributed by atoms with E-state index in [1.54, 1.807) is 24.3 Å². The van der Waals surface area contributed by atoms with Crippen molar-refractivity contribution in [2.24, 2.45) is 0 Å². The molecule has 8 heteroatoms. The van der Waals surface area contributed by atoms with E-state index in [9.17, 15) is 13.2 Å². The number of carbonyl (C=O) groups excluding carboxylic acids is 1. The van der Waals surface area contributed by atoms with Crippen molar-refractivity contribution in [2.75, 3.05) is 25.0 Å². The molecular weight excluding hydrogens is 416 g/mol. The summed E-state index contributed by atoms with van der Waals surface area (Å²) in [6, 6.07) is 20.1. The first-order valence-electron chi connectivity index (χ1n) is 9.62. The van der Waals surface area contributed by atoms with Crippen LogP contribution in [0.3, 0.4) is 0 Å². The molecule has 0 heterocycles. The predicted octanol–water partition coefficient (Wildman–Crippen LogP) is 3.61. The largest absolute Gasteiger partial charge is 0.495 e. The smallest absolute Gasteiger partial charge is 0.262 e. The highest BCUT2D eigenvalue weighted by Crippen LogP contribution is 2.26. The molecule has 0 saturated heterocycles. The molecule has 3 rings (SSSR count). The van der Waals surface area contributed by atoms with Gasteiger partial charge in [-0.25, -0.2) is 8.42 Å². The monoisotopic (exact) mass is 440 g/mol. The Morgan fingerprint density at radius 1 is 0.968 bits per heavy atom. The Kier molecular flexibility index (Phi) is 7.15. The van der Waals surface area contributed by atoms with Crippen LogP contribution in [0.4, 0.5) is 5.69 Å². The predicted molar refractivity (Wildman–Crippen MR) is 119 cm³/mol. The highest BCUT2D eigenvalue weighted by Gasteiger charge is 2.17. The minimum atomic E-state index is -3.83. The molecule has 3 aromatic carbocycles. The summed E-state index contributed by atoms with van der Waals surface area (Å²) in [5.41, 5.74) is 1.78. The SMILES string of the molecule is COc1ccccc1NS(=O)(=O)c1ccc(C(=O)NCCOc2cccc(C)c2)cc1. The molecule has 0 unspecified atom stereocenters. The maximum atomic E-state index is 12.6. The maximum absolute atomic E-state index is 12.6. The van der Waals surface area contributed by atoms with Crippen LogP contribution in [0.2, 0.25) is 0 Å². The van der Waals surface area contributed by atoms with E-state index in [0.29, 0.717) is 30.2 Å². The number of benzene rings is 3. The molecule has 2 N–H and O–H groups in total. The molecule has 3 aromatic rings. The zero-order valence-electron chi connectivity index (χ0n) is 17.3. The van der Waals surface area contributed by atoms with Gasteiger partial charge in [0.25, 0.3) is 15.9 Å². The fraction of sp³-hybridized carbons (Fsp3) is 0.174. The normalized spacial score (nSPS) is 10.9. The lowest BCUT2D eigenvalue weighted by molar-refractivity contribution is 0.0947. The van der Waals surface area contributed by atoms with Crippen molar-refractivity contribution in [3.63, 3.8) is 0 Å². The molecule has 1 amide bonds. The number of sulfonamides is 1. The number of carbonyl (C=O) groups is 1. The van der Waals surface area contributed by atoms with E-state index in [-0.39, 0.29) is 10.8 Å². The summed E-state index contributed by atoms with van der Waals surface area (Å²) in [6.07, 6.45) is 0. The molecule has 0 atom stereocenters. The molecule has 0 bridgehead atoms. The lowest BCUT2D eigenvalue weighted by Crippen LogP contribution is -2.28. The number of ether oxygens (including phenoxy) is 2. The van der Waals surface area contributed by atoms with Crippen LogP contribution in [-0.2, 0) is 10.0 Å². The fourth-order valence-electron chi connectivity index (χ4n) is 2.86. The van der Waals surface area contributed by atoms with Gasteiger partial charge in [-0.2, -0.15) is 0 Å². The third kappa shape index (κ3) is 5.99. The van der Waals surface area contributed by atoms with E-state index in [1.165, 1.54) is 31.4 Å². The van der Waals surface area contributed by atoms with Crippen molar-refractivity contribution in [3.05, 3.63) is 83.9 Å². The molecule has 0 aliphatic heterocycles. The highest BCUT2D eigenvalue weighted by atomic mass is 32.2. The second kappa shape index (κ2) is 9.99. The van der Waals surface area contributed by atoms with Gasteiger partial charge in [0.1, 0.15) is 18.1 Å². The van der Waals surface area contributed by atoms with Gasteiger partial charge in [-0.1, -0.05) is 24.3 Å². The molecule has 162 valence electrons. The average Bonchev–Trinajstić information content (AvgIpc) is 2.77. The Morgan fingerprint density at radius 2 is 1.71 bits per heavy atom. The lowest BCUT2D eigenvalue weighted by atomic mass is 10.2. The zero-order chi connectivity index (χ0) is 22.3. The minimum Gasteiger partial charge on any atom is -0.495 e. The van der Waals surface area contributed by atoms with E-state index < -0.39 is 10.0 Å². The molecule has 0 aromatic heterocycles. The van der Waals surface area contributed by atoms with Crippen LogP contribution in [0.5, 0.6) is 11.5 Å². The summed E-state index contributed by atoms with van der Waals surface area (Å²) in [7, 11) is -2.36. The molecule has 0 fully saturated rings. The first-order valence-corrected chi connectivity index (χ1v) is 11.1. The van der Waals surface area contributed by atoms with Crippen LogP contribution >= 0.6 is 0 Å². The van der Waals surface area contributed by atoms with Gasteiger partial charge in [0.2, 0.25) is 0 Å². The average molecular weight is 441 g/mol.